The van der Waals surface area contributed by atoms with E-state index in [4.69, 9.17) is 9.47 Å². The summed E-state index contributed by atoms with van der Waals surface area (Å²) in [4.78, 5) is 21.8. The van der Waals surface area contributed by atoms with E-state index in [0.717, 1.165) is 32.1 Å². The van der Waals surface area contributed by atoms with Gasteiger partial charge in [0.15, 0.2) is 0 Å². The molecule has 114 valence electrons. The Morgan fingerprint density at radius 1 is 0.789 bits per heavy atom. The van der Waals surface area contributed by atoms with Gasteiger partial charge in [-0.15, -0.1) is 0 Å². The number of rotatable bonds is 10. The fraction of sp³-hybridized carbons (Fsp3) is 0.867. The molecule has 0 amide bonds. The first kappa shape index (κ1) is 20.3. The van der Waals surface area contributed by atoms with Gasteiger partial charge in [0.25, 0.3) is 0 Å². The third-order valence-corrected chi connectivity index (χ3v) is 2.31. The average Bonchev–Trinajstić information content (AvgIpc) is 2.44. The highest BCUT2D eigenvalue weighted by atomic mass is 16.5. The number of unbranched alkanes of at least 4 members (excludes halogenated alkanes) is 3. The normalized spacial score (nSPS) is 9.26. The molecule has 0 N–H and O–H groups in total. The molecule has 0 saturated carbocycles. The van der Waals surface area contributed by atoms with Crippen LogP contribution in [0.15, 0.2) is 0 Å². The highest BCUT2D eigenvalue weighted by molar-refractivity contribution is 5.69. The maximum absolute atomic E-state index is 11.0. The van der Waals surface area contributed by atoms with Gasteiger partial charge in [0.1, 0.15) is 0 Å². The van der Waals surface area contributed by atoms with Gasteiger partial charge in [-0.1, -0.05) is 27.7 Å². The molecular formula is C15H30O4. The molecule has 0 aromatic heterocycles. The van der Waals surface area contributed by atoms with E-state index >= 15 is 0 Å². The van der Waals surface area contributed by atoms with E-state index in [2.05, 4.69) is 0 Å². The number of hydrogen-bond acceptors (Lipinski definition) is 4. The largest absolute Gasteiger partial charge is 0.466 e. The van der Waals surface area contributed by atoms with Gasteiger partial charge in [0.2, 0.25) is 0 Å². The van der Waals surface area contributed by atoms with Crippen LogP contribution in [0.1, 0.15) is 72.6 Å². The molecule has 0 aliphatic heterocycles. The summed E-state index contributed by atoms with van der Waals surface area (Å²) in [5, 5.41) is 0. The predicted molar refractivity (Wildman–Crippen MR) is 76.9 cm³/mol. The summed E-state index contributed by atoms with van der Waals surface area (Å²) >= 11 is 0. The van der Waals surface area contributed by atoms with Crippen LogP contribution >= 0.6 is 0 Å². The standard InChI is InChI=1S/C13H24O4.C2H6/c1-3-9-13(15)17-11-8-6-5-7-10-16-12(14)4-2;1-2/h3-11H2,1-2H3;1-2H3. The minimum Gasteiger partial charge on any atom is -0.466 e. The molecule has 0 atom stereocenters. The number of hydrogen-bond donors (Lipinski definition) is 0. The number of carbonyl (C=O) groups is 2. The first-order chi connectivity index (χ1) is 9.20. The molecule has 0 saturated heterocycles. The summed E-state index contributed by atoms with van der Waals surface area (Å²) in [6, 6.07) is 0. The third kappa shape index (κ3) is 16.9. The Morgan fingerprint density at radius 2 is 1.26 bits per heavy atom. The van der Waals surface area contributed by atoms with Crippen molar-refractivity contribution in [3.63, 3.8) is 0 Å². The van der Waals surface area contributed by atoms with Crippen molar-refractivity contribution in [2.75, 3.05) is 13.2 Å². The molecule has 0 heterocycles. The van der Waals surface area contributed by atoms with Gasteiger partial charge >= 0.3 is 11.9 Å². The van der Waals surface area contributed by atoms with Gasteiger partial charge in [0, 0.05) is 12.8 Å². The second-order valence-electron chi connectivity index (χ2n) is 3.96. The monoisotopic (exact) mass is 274 g/mol. The lowest BCUT2D eigenvalue weighted by atomic mass is 10.2. The molecule has 19 heavy (non-hydrogen) atoms. The minimum atomic E-state index is -0.140. The Labute approximate surface area is 117 Å². The van der Waals surface area contributed by atoms with E-state index < -0.39 is 0 Å². The van der Waals surface area contributed by atoms with Crippen molar-refractivity contribution in [3.05, 3.63) is 0 Å². The van der Waals surface area contributed by atoms with Gasteiger partial charge < -0.3 is 9.47 Å². The number of carbonyl (C=O) groups excluding carboxylic acids is 2. The van der Waals surface area contributed by atoms with Crippen molar-refractivity contribution < 1.29 is 19.1 Å². The Bertz CT molecular complexity index is 214. The minimum absolute atomic E-state index is 0.107. The molecule has 0 bridgehead atoms. The molecule has 0 aromatic carbocycles. The Kier molecular flexibility index (Phi) is 18.1. The predicted octanol–water partition coefficient (Wildman–Crippen LogP) is 3.87. The SMILES string of the molecule is CC.CCCC(=O)OCCCCCCOC(=O)CC. The fourth-order valence-electron chi connectivity index (χ4n) is 1.31. The van der Waals surface area contributed by atoms with Crippen molar-refractivity contribution in [1.29, 1.82) is 0 Å². The van der Waals surface area contributed by atoms with Crippen molar-refractivity contribution in [3.8, 4) is 0 Å². The molecule has 4 nitrogen and oxygen atoms in total. The molecule has 0 aromatic rings. The van der Waals surface area contributed by atoms with Crippen LogP contribution in [0.25, 0.3) is 0 Å². The first-order valence-electron chi connectivity index (χ1n) is 7.52. The average molecular weight is 274 g/mol. The second-order valence-corrected chi connectivity index (χ2v) is 3.96. The molecule has 4 heteroatoms. The van der Waals surface area contributed by atoms with Crippen LogP contribution in [-0.4, -0.2) is 25.2 Å². The smallest absolute Gasteiger partial charge is 0.305 e. The topological polar surface area (TPSA) is 52.6 Å². The van der Waals surface area contributed by atoms with E-state index in [0.29, 0.717) is 26.1 Å². The van der Waals surface area contributed by atoms with Crippen LogP contribution in [0, 0.1) is 0 Å². The Hall–Kier alpha value is -1.06. The highest BCUT2D eigenvalue weighted by Gasteiger charge is 2.00. The number of esters is 2. The van der Waals surface area contributed by atoms with Crippen molar-refractivity contribution in [1.82, 2.24) is 0 Å². The summed E-state index contributed by atoms with van der Waals surface area (Å²) < 4.78 is 9.96. The lowest BCUT2D eigenvalue weighted by Crippen LogP contribution is -2.05. The van der Waals surface area contributed by atoms with E-state index in [1.165, 1.54) is 0 Å². The summed E-state index contributed by atoms with van der Waals surface area (Å²) in [6.45, 7) is 8.75. The molecule has 0 rings (SSSR count). The summed E-state index contributed by atoms with van der Waals surface area (Å²) in [5.74, 6) is -0.247. The highest BCUT2D eigenvalue weighted by Crippen LogP contribution is 2.02. The molecular weight excluding hydrogens is 244 g/mol. The lowest BCUT2D eigenvalue weighted by molar-refractivity contribution is -0.144. The van der Waals surface area contributed by atoms with Crippen molar-refractivity contribution in [2.24, 2.45) is 0 Å². The molecule has 0 fully saturated rings. The molecule has 0 radical (unpaired) electrons. The van der Waals surface area contributed by atoms with Crippen LogP contribution < -0.4 is 0 Å². The van der Waals surface area contributed by atoms with E-state index in [1.54, 1.807) is 6.92 Å². The zero-order chi connectivity index (χ0) is 14.9. The summed E-state index contributed by atoms with van der Waals surface area (Å²) in [6.07, 6.45) is 5.55. The van der Waals surface area contributed by atoms with Crippen LogP contribution in [0.5, 0.6) is 0 Å². The zero-order valence-electron chi connectivity index (χ0n) is 13.0. The van der Waals surface area contributed by atoms with Crippen molar-refractivity contribution >= 4 is 11.9 Å². The summed E-state index contributed by atoms with van der Waals surface area (Å²) in [7, 11) is 0. The number of ether oxygens (including phenoxy) is 2. The lowest BCUT2D eigenvalue weighted by Gasteiger charge is -2.04. The molecule has 0 unspecified atom stereocenters. The van der Waals surface area contributed by atoms with E-state index in [9.17, 15) is 9.59 Å². The Morgan fingerprint density at radius 3 is 1.68 bits per heavy atom. The van der Waals surface area contributed by atoms with Crippen LogP contribution in [0.2, 0.25) is 0 Å². The van der Waals surface area contributed by atoms with Gasteiger partial charge in [-0.3, -0.25) is 9.59 Å². The maximum Gasteiger partial charge on any atom is 0.305 e. The van der Waals surface area contributed by atoms with Crippen LogP contribution in [0.4, 0.5) is 0 Å². The third-order valence-electron chi connectivity index (χ3n) is 2.31. The summed E-state index contributed by atoms with van der Waals surface area (Å²) in [5.41, 5.74) is 0. The van der Waals surface area contributed by atoms with E-state index in [1.807, 2.05) is 20.8 Å². The molecule has 0 aliphatic rings. The maximum atomic E-state index is 11.0. The van der Waals surface area contributed by atoms with Gasteiger partial charge in [-0.05, 0) is 32.1 Å². The van der Waals surface area contributed by atoms with Gasteiger partial charge in [-0.2, -0.15) is 0 Å². The van der Waals surface area contributed by atoms with Crippen LogP contribution in [0.3, 0.4) is 0 Å². The fourth-order valence-corrected chi connectivity index (χ4v) is 1.31. The Balaban J connectivity index is 0. The van der Waals surface area contributed by atoms with Gasteiger partial charge in [0.05, 0.1) is 13.2 Å². The van der Waals surface area contributed by atoms with Crippen molar-refractivity contribution in [2.45, 2.75) is 72.6 Å². The molecule has 0 aliphatic carbocycles. The van der Waals surface area contributed by atoms with Crippen LogP contribution in [-0.2, 0) is 19.1 Å². The molecule has 0 spiro atoms. The quantitative estimate of drug-likeness (QED) is 0.448. The van der Waals surface area contributed by atoms with E-state index in [-0.39, 0.29) is 11.9 Å². The zero-order valence-corrected chi connectivity index (χ0v) is 13.0. The first-order valence-corrected chi connectivity index (χ1v) is 7.52. The van der Waals surface area contributed by atoms with Gasteiger partial charge in [-0.25, -0.2) is 0 Å². The second kappa shape index (κ2) is 16.9.